The lowest BCUT2D eigenvalue weighted by Gasteiger charge is -2.38. The van der Waals surface area contributed by atoms with E-state index in [0.29, 0.717) is 54.0 Å². The van der Waals surface area contributed by atoms with E-state index in [-0.39, 0.29) is 11.9 Å². The van der Waals surface area contributed by atoms with Crippen molar-refractivity contribution in [1.82, 2.24) is 9.80 Å². The molecule has 1 heterocycles. The lowest BCUT2D eigenvalue weighted by atomic mass is 10.0. The maximum absolute atomic E-state index is 13.2. The Labute approximate surface area is 192 Å². The Kier molecular flexibility index (Phi) is 7.82. The summed E-state index contributed by atoms with van der Waals surface area (Å²) in [5, 5.41) is 0.595. The number of methoxy groups -OCH3 is 4. The first-order chi connectivity index (χ1) is 15.4. The molecule has 0 N–H and O–H groups in total. The highest BCUT2D eigenvalue weighted by atomic mass is 35.5. The highest BCUT2D eigenvalue weighted by Crippen LogP contribution is 2.38. The van der Waals surface area contributed by atoms with Crippen LogP contribution < -0.4 is 14.2 Å². The third-order valence-corrected chi connectivity index (χ3v) is 5.74. The molecule has 0 aliphatic carbocycles. The van der Waals surface area contributed by atoms with Gasteiger partial charge in [0.05, 0.1) is 28.4 Å². The van der Waals surface area contributed by atoms with Crippen molar-refractivity contribution in [3.05, 3.63) is 52.5 Å². The van der Waals surface area contributed by atoms with Gasteiger partial charge in [0.25, 0.3) is 5.91 Å². The molecule has 0 bridgehead atoms. The van der Waals surface area contributed by atoms with Crippen LogP contribution in [0.15, 0.2) is 36.4 Å². The van der Waals surface area contributed by atoms with E-state index in [1.54, 1.807) is 29.2 Å². The highest BCUT2D eigenvalue weighted by Gasteiger charge is 2.33. The number of ether oxygens (including phenoxy) is 4. The molecule has 1 fully saturated rings. The SMILES string of the molecule is COC(=O)C(c1ccc(Cl)cc1)N1CCN(C(=O)c2cc(OC)c(OC)c(OC)c2)CC1. The molecule has 1 aliphatic heterocycles. The van der Waals surface area contributed by atoms with E-state index < -0.39 is 6.04 Å². The summed E-state index contributed by atoms with van der Waals surface area (Å²) in [5.74, 6) is 0.770. The summed E-state index contributed by atoms with van der Waals surface area (Å²) in [5.41, 5.74) is 1.24. The molecule has 172 valence electrons. The molecule has 8 nitrogen and oxygen atoms in total. The van der Waals surface area contributed by atoms with Crippen molar-refractivity contribution in [2.45, 2.75) is 6.04 Å². The van der Waals surface area contributed by atoms with E-state index in [1.165, 1.54) is 28.4 Å². The lowest BCUT2D eigenvalue weighted by molar-refractivity contribution is -0.148. The normalized spacial score (nSPS) is 15.1. The molecule has 1 aliphatic rings. The Morgan fingerprint density at radius 1 is 0.875 bits per heavy atom. The number of benzene rings is 2. The van der Waals surface area contributed by atoms with Crippen LogP contribution in [0.1, 0.15) is 22.0 Å². The van der Waals surface area contributed by atoms with Gasteiger partial charge in [0.2, 0.25) is 5.75 Å². The number of hydrogen-bond donors (Lipinski definition) is 0. The number of rotatable bonds is 7. The van der Waals surface area contributed by atoms with Gasteiger partial charge in [-0.3, -0.25) is 9.69 Å². The van der Waals surface area contributed by atoms with Crippen LogP contribution in [-0.2, 0) is 9.53 Å². The van der Waals surface area contributed by atoms with Crippen molar-refractivity contribution < 1.29 is 28.5 Å². The Morgan fingerprint density at radius 3 is 1.91 bits per heavy atom. The van der Waals surface area contributed by atoms with Gasteiger partial charge in [-0.2, -0.15) is 0 Å². The summed E-state index contributed by atoms with van der Waals surface area (Å²) in [4.78, 5) is 29.4. The summed E-state index contributed by atoms with van der Waals surface area (Å²) in [7, 11) is 5.90. The van der Waals surface area contributed by atoms with Crippen LogP contribution in [0.25, 0.3) is 0 Å². The third kappa shape index (κ3) is 4.92. The fraction of sp³-hybridized carbons (Fsp3) is 0.391. The minimum atomic E-state index is -0.560. The third-order valence-electron chi connectivity index (χ3n) is 5.49. The molecule has 3 rings (SSSR count). The molecular weight excluding hydrogens is 436 g/mol. The number of hydrogen-bond acceptors (Lipinski definition) is 7. The van der Waals surface area contributed by atoms with Gasteiger partial charge in [-0.25, -0.2) is 4.79 Å². The minimum absolute atomic E-state index is 0.148. The first kappa shape index (κ1) is 23.7. The summed E-state index contributed by atoms with van der Waals surface area (Å²) in [6, 6.07) is 9.85. The first-order valence-corrected chi connectivity index (χ1v) is 10.5. The first-order valence-electron chi connectivity index (χ1n) is 10.1. The number of carbonyl (C=O) groups excluding carboxylic acids is 2. The molecular formula is C23H27ClN2O6. The van der Waals surface area contributed by atoms with E-state index in [1.807, 2.05) is 17.0 Å². The smallest absolute Gasteiger partial charge is 0.327 e. The lowest BCUT2D eigenvalue weighted by Crippen LogP contribution is -2.51. The maximum atomic E-state index is 13.2. The standard InChI is InChI=1S/C23H27ClN2O6/c1-29-18-13-16(14-19(30-2)21(18)31-3)22(27)26-11-9-25(10-12-26)20(23(28)32-4)15-5-7-17(24)8-6-15/h5-8,13-14,20H,9-12H2,1-4H3. The molecule has 0 radical (unpaired) electrons. The van der Waals surface area contributed by atoms with E-state index >= 15 is 0 Å². The summed E-state index contributed by atoms with van der Waals surface area (Å²) < 4.78 is 21.1. The molecule has 1 saturated heterocycles. The molecule has 9 heteroatoms. The molecule has 0 spiro atoms. The van der Waals surface area contributed by atoms with Crippen LogP contribution in [0.5, 0.6) is 17.2 Å². The zero-order chi connectivity index (χ0) is 23.3. The van der Waals surface area contributed by atoms with Crippen molar-refractivity contribution in [2.24, 2.45) is 0 Å². The quantitative estimate of drug-likeness (QED) is 0.585. The largest absolute Gasteiger partial charge is 0.493 e. The van der Waals surface area contributed by atoms with Gasteiger partial charge in [-0.1, -0.05) is 23.7 Å². The molecule has 2 aromatic rings. The van der Waals surface area contributed by atoms with Crippen molar-refractivity contribution in [3.63, 3.8) is 0 Å². The monoisotopic (exact) mass is 462 g/mol. The Balaban J connectivity index is 1.76. The van der Waals surface area contributed by atoms with Crippen LogP contribution in [0, 0.1) is 0 Å². The van der Waals surface area contributed by atoms with E-state index in [4.69, 9.17) is 30.5 Å². The van der Waals surface area contributed by atoms with E-state index in [9.17, 15) is 9.59 Å². The number of nitrogens with zero attached hydrogens (tertiary/aromatic N) is 2. The van der Waals surface area contributed by atoms with Gasteiger partial charge in [-0.05, 0) is 29.8 Å². The summed E-state index contributed by atoms with van der Waals surface area (Å²) >= 11 is 5.99. The van der Waals surface area contributed by atoms with Crippen molar-refractivity contribution >= 4 is 23.5 Å². The van der Waals surface area contributed by atoms with E-state index in [0.717, 1.165) is 5.56 Å². The van der Waals surface area contributed by atoms with Crippen molar-refractivity contribution in [2.75, 3.05) is 54.6 Å². The van der Waals surface area contributed by atoms with Crippen molar-refractivity contribution in [1.29, 1.82) is 0 Å². The fourth-order valence-electron chi connectivity index (χ4n) is 3.82. The van der Waals surface area contributed by atoms with Crippen LogP contribution in [-0.4, -0.2) is 76.3 Å². The topological polar surface area (TPSA) is 77.5 Å². The van der Waals surface area contributed by atoms with E-state index in [2.05, 4.69) is 0 Å². The fourth-order valence-corrected chi connectivity index (χ4v) is 3.95. The Hall–Kier alpha value is -2.97. The average molecular weight is 463 g/mol. The average Bonchev–Trinajstić information content (AvgIpc) is 2.84. The molecule has 0 saturated carbocycles. The molecule has 2 aromatic carbocycles. The number of esters is 1. The predicted octanol–water partition coefficient (Wildman–Crippen LogP) is 3.04. The van der Waals surface area contributed by atoms with Crippen LogP contribution in [0.4, 0.5) is 0 Å². The molecule has 1 unspecified atom stereocenters. The van der Waals surface area contributed by atoms with Crippen LogP contribution in [0.3, 0.4) is 0 Å². The number of carbonyl (C=O) groups is 2. The van der Waals surface area contributed by atoms with Gasteiger partial charge in [-0.15, -0.1) is 0 Å². The molecule has 1 amide bonds. The highest BCUT2D eigenvalue weighted by molar-refractivity contribution is 6.30. The molecule has 0 aromatic heterocycles. The second-order valence-electron chi connectivity index (χ2n) is 7.22. The van der Waals surface area contributed by atoms with Gasteiger partial charge in [0.15, 0.2) is 11.5 Å². The second-order valence-corrected chi connectivity index (χ2v) is 7.66. The number of amides is 1. The molecule has 1 atom stereocenters. The van der Waals surface area contributed by atoms with Gasteiger partial charge >= 0.3 is 5.97 Å². The minimum Gasteiger partial charge on any atom is -0.493 e. The zero-order valence-electron chi connectivity index (χ0n) is 18.6. The number of piperazine rings is 1. The van der Waals surface area contributed by atoms with Gasteiger partial charge < -0.3 is 23.8 Å². The zero-order valence-corrected chi connectivity index (χ0v) is 19.3. The van der Waals surface area contributed by atoms with Crippen molar-refractivity contribution in [3.8, 4) is 17.2 Å². The maximum Gasteiger partial charge on any atom is 0.327 e. The summed E-state index contributed by atoms with van der Waals surface area (Å²) in [6.45, 7) is 1.93. The Morgan fingerprint density at radius 2 is 1.44 bits per heavy atom. The Bertz CT molecular complexity index is 932. The van der Waals surface area contributed by atoms with Gasteiger partial charge in [0, 0.05) is 36.8 Å². The van der Waals surface area contributed by atoms with Crippen LogP contribution >= 0.6 is 11.6 Å². The molecule has 32 heavy (non-hydrogen) atoms. The van der Waals surface area contributed by atoms with Gasteiger partial charge in [0.1, 0.15) is 6.04 Å². The second kappa shape index (κ2) is 10.6. The predicted molar refractivity (Wildman–Crippen MR) is 120 cm³/mol. The van der Waals surface area contributed by atoms with Crippen LogP contribution in [0.2, 0.25) is 5.02 Å². The summed E-state index contributed by atoms with van der Waals surface area (Å²) in [6.07, 6.45) is 0. The number of halogens is 1.